The van der Waals surface area contributed by atoms with Gasteiger partial charge in [0, 0.05) is 44.9 Å². The summed E-state index contributed by atoms with van der Waals surface area (Å²) in [5.41, 5.74) is 3.15. The zero-order chi connectivity index (χ0) is 30.3. The van der Waals surface area contributed by atoms with E-state index in [1.165, 1.54) is 5.56 Å². The van der Waals surface area contributed by atoms with Crippen molar-refractivity contribution in [2.45, 2.75) is 50.7 Å². The van der Waals surface area contributed by atoms with E-state index in [9.17, 15) is 9.59 Å². The zero-order valence-electron chi connectivity index (χ0n) is 25.1. The first-order valence-corrected chi connectivity index (χ1v) is 15.4. The molecule has 44 heavy (non-hydrogen) atoms. The van der Waals surface area contributed by atoms with E-state index in [0.29, 0.717) is 50.2 Å². The molecular formula is C33H40N4O7. The van der Waals surface area contributed by atoms with Crippen molar-refractivity contribution in [2.75, 3.05) is 39.5 Å². The number of aromatic nitrogens is 2. The number of carbonyl (C=O) groups excluding carboxylic acids is 2. The summed E-state index contributed by atoms with van der Waals surface area (Å²) in [6.45, 7) is 4.87. The molecule has 234 valence electrons. The molecule has 11 nitrogen and oxygen atoms in total. The van der Waals surface area contributed by atoms with Crippen LogP contribution in [0.4, 0.5) is 4.79 Å². The Morgan fingerprint density at radius 1 is 1.05 bits per heavy atom. The van der Waals surface area contributed by atoms with Gasteiger partial charge in [-0.2, -0.15) is 5.10 Å². The molecule has 3 aromatic rings. The predicted octanol–water partition coefficient (Wildman–Crippen LogP) is 4.02. The Labute approximate surface area is 257 Å². The van der Waals surface area contributed by atoms with Crippen molar-refractivity contribution in [3.63, 3.8) is 0 Å². The molecule has 0 radical (unpaired) electrons. The van der Waals surface area contributed by atoms with E-state index in [0.717, 1.165) is 37.3 Å². The normalized spacial score (nSPS) is 22.9. The fourth-order valence-corrected chi connectivity index (χ4v) is 6.28. The van der Waals surface area contributed by atoms with Crippen LogP contribution in [0.2, 0.25) is 0 Å². The van der Waals surface area contributed by atoms with Gasteiger partial charge in [0.2, 0.25) is 0 Å². The van der Waals surface area contributed by atoms with Crippen molar-refractivity contribution in [1.82, 2.24) is 20.0 Å². The number of hydrogen-bond acceptors (Lipinski definition) is 9. The topological polar surface area (TPSA) is 113 Å². The number of carbonyl (C=O) groups is 2. The first kappa shape index (κ1) is 30.1. The Morgan fingerprint density at radius 2 is 1.89 bits per heavy atom. The third-order valence-corrected chi connectivity index (χ3v) is 8.57. The van der Waals surface area contributed by atoms with Crippen LogP contribution in [0.5, 0.6) is 5.75 Å². The fourth-order valence-electron chi connectivity index (χ4n) is 6.28. The molecule has 3 unspecified atom stereocenters. The highest BCUT2D eigenvalue weighted by atomic mass is 16.7. The minimum absolute atomic E-state index is 0.125. The molecule has 1 N–H and O–H groups in total. The van der Waals surface area contributed by atoms with E-state index in [1.807, 2.05) is 30.3 Å². The second-order valence-electron chi connectivity index (χ2n) is 11.6. The van der Waals surface area contributed by atoms with Gasteiger partial charge in [0.05, 0.1) is 25.5 Å². The van der Waals surface area contributed by atoms with Gasteiger partial charge in [0.1, 0.15) is 18.5 Å². The minimum atomic E-state index is -0.478. The number of piperidine rings is 3. The molecule has 4 aliphatic heterocycles. The lowest BCUT2D eigenvalue weighted by molar-refractivity contribution is -0.0505. The summed E-state index contributed by atoms with van der Waals surface area (Å²) < 4.78 is 29.7. The van der Waals surface area contributed by atoms with Crippen molar-refractivity contribution >= 4 is 12.1 Å². The average Bonchev–Trinajstić information content (AvgIpc) is 3.71. The van der Waals surface area contributed by atoms with Crippen molar-refractivity contribution in [1.29, 1.82) is 0 Å². The number of benzene rings is 2. The number of nitrogens with one attached hydrogen (secondary N) is 1. The Morgan fingerprint density at radius 3 is 2.70 bits per heavy atom. The predicted molar refractivity (Wildman–Crippen MR) is 160 cm³/mol. The van der Waals surface area contributed by atoms with Crippen molar-refractivity contribution < 1.29 is 33.3 Å². The standard InChI is InChI=1S/C33H40N4O7/c1-36-25(18-29(35-36)32(38)42-14-6-11-31-40-15-16-41-31)22-43-26-10-5-7-23(17-26)19-34-33(39)44-30-21-37-13-12-27(30)28(20-37)24-8-3-2-4-9-24/h2-5,7-10,17-18,27-28,30-31H,6,11-16,19-22H2,1H3,(H,34,39)/t27?,28?,30-/m0/s1. The van der Waals surface area contributed by atoms with Gasteiger partial charge in [-0.05, 0) is 48.7 Å². The summed E-state index contributed by atoms with van der Waals surface area (Å²) in [6, 6.07) is 19.7. The molecule has 5 heterocycles. The number of hydrogen-bond donors (Lipinski definition) is 1. The van der Waals surface area contributed by atoms with Gasteiger partial charge >= 0.3 is 12.1 Å². The fraction of sp³-hybridized carbons (Fsp3) is 0.485. The van der Waals surface area contributed by atoms with Gasteiger partial charge in [-0.1, -0.05) is 42.5 Å². The summed E-state index contributed by atoms with van der Waals surface area (Å²) in [4.78, 5) is 27.6. The van der Waals surface area contributed by atoms with E-state index in [1.54, 1.807) is 17.8 Å². The zero-order valence-corrected chi connectivity index (χ0v) is 25.1. The molecule has 4 aliphatic rings. The summed E-state index contributed by atoms with van der Waals surface area (Å²) in [5.74, 6) is 0.867. The van der Waals surface area contributed by atoms with Crippen LogP contribution in [0.3, 0.4) is 0 Å². The highest BCUT2D eigenvalue weighted by molar-refractivity contribution is 5.87. The first-order chi connectivity index (χ1) is 21.5. The number of ether oxygens (including phenoxy) is 5. The van der Waals surface area contributed by atoms with Crippen LogP contribution in [-0.2, 0) is 39.1 Å². The van der Waals surface area contributed by atoms with Gasteiger partial charge < -0.3 is 29.0 Å². The van der Waals surface area contributed by atoms with Crippen molar-refractivity contribution in [3.8, 4) is 5.75 Å². The first-order valence-electron chi connectivity index (χ1n) is 15.4. The second kappa shape index (κ2) is 14.2. The Bertz CT molecular complexity index is 1410. The van der Waals surface area contributed by atoms with Crippen LogP contribution in [0.25, 0.3) is 0 Å². The highest BCUT2D eigenvalue weighted by Crippen LogP contribution is 2.40. The third kappa shape index (κ3) is 7.58. The number of amides is 1. The highest BCUT2D eigenvalue weighted by Gasteiger charge is 2.43. The molecule has 1 amide bonds. The molecule has 11 heteroatoms. The lowest BCUT2D eigenvalue weighted by Gasteiger charge is -2.49. The largest absolute Gasteiger partial charge is 0.487 e. The Balaban J connectivity index is 0.951. The van der Waals surface area contributed by atoms with E-state index >= 15 is 0 Å². The second-order valence-corrected chi connectivity index (χ2v) is 11.6. The third-order valence-electron chi connectivity index (χ3n) is 8.57. The molecule has 2 aromatic carbocycles. The van der Waals surface area contributed by atoms with Crippen molar-refractivity contribution in [3.05, 3.63) is 83.2 Å². The van der Waals surface area contributed by atoms with Gasteiger partial charge in [-0.25, -0.2) is 9.59 Å². The SMILES string of the molecule is Cn1nc(C(=O)OCCCC2OCCO2)cc1COc1cccc(CNC(=O)O[C@H]2CN3CCC2C(c2ccccc2)C3)c1. The van der Waals surface area contributed by atoms with Crippen LogP contribution in [0.15, 0.2) is 60.7 Å². The molecule has 4 saturated heterocycles. The van der Waals surface area contributed by atoms with Gasteiger partial charge in [0.25, 0.3) is 0 Å². The van der Waals surface area contributed by atoms with Gasteiger partial charge in [0.15, 0.2) is 12.0 Å². The Kier molecular flexibility index (Phi) is 9.74. The molecule has 0 saturated carbocycles. The van der Waals surface area contributed by atoms with Crippen molar-refractivity contribution in [2.24, 2.45) is 13.0 Å². The maximum absolute atomic E-state index is 12.8. The lowest BCUT2D eigenvalue weighted by atomic mass is 9.74. The van der Waals surface area contributed by atoms with E-state index in [2.05, 4.69) is 39.6 Å². The number of esters is 1. The Hall–Kier alpha value is -3.93. The van der Waals surface area contributed by atoms with Crippen LogP contribution >= 0.6 is 0 Å². The minimum Gasteiger partial charge on any atom is -0.487 e. The number of rotatable bonds is 12. The quantitative estimate of drug-likeness (QED) is 0.242. The van der Waals surface area contributed by atoms with Crippen LogP contribution in [0, 0.1) is 5.92 Å². The van der Waals surface area contributed by atoms with Crippen LogP contribution in [0.1, 0.15) is 52.5 Å². The maximum atomic E-state index is 12.8. The molecule has 4 fully saturated rings. The number of aryl methyl sites for hydroxylation is 1. The van der Waals surface area contributed by atoms with Gasteiger partial charge in [-0.3, -0.25) is 9.58 Å². The summed E-state index contributed by atoms with van der Waals surface area (Å²) in [5, 5.41) is 7.19. The van der Waals surface area contributed by atoms with E-state index < -0.39 is 12.1 Å². The molecule has 4 atom stereocenters. The van der Waals surface area contributed by atoms with E-state index in [-0.39, 0.29) is 31.3 Å². The summed E-state index contributed by atoms with van der Waals surface area (Å²) in [7, 11) is 1.76. The monoisotopic (exact) mass is 604 g/mol. The number of fused-ring (bicyclic) bond motifs is 3. The summed E-state index contributed by atoms with van der Waals surface area (Å²) in [6.07, 6.45) is 1.62. The van der Waals surface area contributed by atoms with Crippen LogP contribution in [-0.4, -0.2) is 78.6 Å². The maximum Gasteiger partial charge on any atom is 0.407 e. The molecule has 7 rings (SSSR count). The number of alkyl carbamates (subject to hydrolysis) is 1. The van der Waals surface area contributed by atoms with Crippen LogP contribution < -0.4 is 10.1 Å². The molecule has 1 aromatic heterocycles. The molecule has 0 spiro atoms. The molecule has 0 aliphatic carbocycles. The molecular weight excluding hydrogens is 564 g/mol. The lowest BCUT2D eigenvalue weighted by Crippen LogP contribution is -2.56. The van der Waals surface area contributed by atoms with Gasteiger partial charge in [-0.15, -0.1) is 0 Å². The molecule has 2 bridgehead atoms. The smallest absolute Gasteiger partial charge is 0.407 e. The summed E-state index contributed by atoms with van der Waals surface area (Å²) >= 11 is 0. The number of nitrogens with zero attached hydrogens (tertiary/aromatic N) is 3. The average molecular weight is 605 g/mol. The van der Waals surface area contributed by atoms with E-state index in [4.69, 9.17) is 23.7 Å².